The van der Waals surface area contributed by atoms with Gasteiger partial charge in [-0.1, -0.05) is 270 Å². The zero-order valence-electron chi connectivity index (χ0n) is 40.3. The summed E-state index contributed by atoms with van der Waals surface area (Å²) in [5.74, 6) is 0. The zero-order valence-corrected chi connectivity index (χ0v) is 40.3. The fourth-order valence-corrected chi connectivity index (χ4v) is 15.3. The van der Waals surface area contributed by atoms with Gasteiger partial charge in [-0.3, -0.25) is 0 Å². The highest BCUT2D eigenvalue weighted by atomic mass is 14.5. The van der Waals surface area contributed by atoms with E-state index in [1.807, 2.05) is 0 Å². The monoisotopic (exact) mass is 874 g/mol. The normalized spacial score (nSPS) is 23.9. The summed E-state index contributed by atoms with van der Waals surface area (Å²) < 4.78 is 0. The van der Waals surface area contributed by atoms with Crippen molar-refractivity contribution in [3.8, 4) is 44.5 Å². The van der Waals surface area contributed by atoms with Gasteiger partial charge in [0.25, 0.3) is 0 Å². The molecule has 13 rings (SSSR count). The zero-order chi connectivity index (χ0) is 45.8. The van der Waals surface area contributed by atoms with Crippen LogP contribution in [0.15, 0.2) is 194 Å². The molecular weight excluding hydrogens is 814 g/mol. The van der Waals surface area contributed by atoms with Crippen LogP contribution in [0.3, 0.4) is 0 Å². The Morgan fingerprint density at radius 3 is 1.04 bits per heavy atom. The quantitative estimate of drug-likeness (QED) is 0.115. The van der Waals surface area contributed by atoms with E-state index in [1.165, 1.54) is 139 Å². The van der Waals surface area contributed by atoms with Gasteiger partial charge in [0.15, 0.2) is 0 Å². The molecule has 0 amide bonds. The lowest BCUT2D eigenvalue weighted by atomic mass is 9.26. The number of hydrogen-bond acceptors (Lipinski definition) is 0. The third kappa shape index (κ3) is 5.95. The van der Waals surface area contributed by atoms with E-state index in [2.05, 4.69) is 222 Å². The van der Waals surface area contributed by atoms with Gasteiger partial charge in [-0.2, -0.15) is 0 Å². The molecule has 2 heterocycles. The first-order valence-corrected chi connectivity index (χ1v) is 25.7. The Bertz CT molecular complexity index is 3190. The van der Waals surface area contributed by atoms with Gasteiger partial charge < -0.3 is 0 Å². The summed E-state index contributed by atoms with van der Waals surface area (Å²) in [5.41, 5.74) is 19.7. The standard InChI is InChI=1S/C66H60B2/c1-63-37-17-19-39-65(63,3)67(51-25-13-7-14-26-51)59-35-31-49(43-57(59)63)47-29-33-53-55(41-47)61(45-21-9-5-10-22-45)54-34-30-48(42-56(54)62(53)46-23-11-6-12-24-46)50-32-36-60-58(44-50)64(2)38-18-20-40-66(64,4)68(60)52-27-15-8-16-28-52/h5-16,21-36,41-44H,17-20,37-40H2,1-4H3. The molecule has 4 unspecified atom stereocenters. The summed E-state index contributed by atoms with van der Waals surface area (Å²) in [5, 5.41) is 5.56. The van der Waals surface area contributed by atoms with Crippen molar-refractivity contribution in [2.75, 3.05) is 0 Å². The van der Waals surface area contributed by atoms with Gasteiger partial charge >= 0.3 is 0 Å². The topological polar surface area (TPSA) is 0 Å². The molecule has 0 N–H and O–H groups in total. The van der Waals surface area contributed by atoms with Gasteiger partial charge in [-0.15, -0.1) is 0 Å². The molecule has 0 bridgehead atoms. The first-order chi connectivity index (χ1) is 33.2. The van der Waals surface area contributed by atoms with Crippen LogP contribution < -0.4 is 21.9 Å². The fraction of sp³-hybridized carbons (Fsp3) is 0.242. The van der Waals surface area contributed by atoms with Crippen molar-refractivity contribution in [3.05, 3.63) is 205 Å². The first kappa shape index (κ1) is 41.8. The van der Waals surface area contributed by atoms with Crippen molar-refractivity contribution >= 4 is 56.8 Å². The highest BCUT2D eigenvalue weighted by Gasteiger charge is 2.61. The summed E-state index contributed by atoms with van der Waals surface area (Å²) in [6, 6.07) is 75.0. The predicted octanol–water partition coefficient (Wildman–Crippen LogP) is 15.1. The van der Waals surface area contributed by atoms with E-state index in [4.69, 9.17) is 0 Å². The molecule has 4 aliphatic rings. The Morgan fingerprint density at radius 1 is 0.309 bits per heavy atom. The molecule has 2 aliphatic heterocycles. The molecular formula is C66H60B2. The minimum absolute atomic E-state index is 0.119. The predicted molar refractivity (Wildman–Crippen MR) is 295 cm³/mol. The Morgan fingerprint density at radius 2 is 0.647 bits per heavy atom. The first-order valence-electron chi connectivity index (χ1n) is 25.7. The second-order valence-electron chi connectivity index (χ2n) is 22.2. The average molecular weight is 875 g/mol. The van der Waals surface area contributed by atoms with Crippen molar-refractivity contribution in [2.45, 2.75) is 101 Å². The molecule has 9 aromatic rings. The van der Waals surface area contributed by atoms with Crippen LogP contribution in [0.2, 0.25) is 10.6 Å². The summed E-state index contributed by atoms with van der Waals surface area (Å²) in [7, 11) is 0. The van der Waals surface area contributed by atoms with E-state index in [1.54, 1.807) is 11.1 Å². The van der Waals surface area contributed by atoms with Crippen molar-refractivity contribution < 1.29 is 0 Å². The Hall–Kier alpha value is -6.37. The van der Waals surface area contributed by atoms with Gasteiger partial charge in [0, 0.05) is 0 Å². The third-order valence-corrected chi connectivity index (χ3v) is 19.1. The second kappa shape index (κ2) is 15.6. The Kier molecular flexibility index (Phi) is 9.57. The van der Waals surface area contributed by atoms with Crippen molar-refractivity contribution in [2.24, 2.45) is 0 Å². The van der Waals surface area contributed by atoms with Gasteiger partial charge in [0.2, 0.25) is 13.4 Å². The SMILES string of the molecule is CC12CCCCC1(C)c1cc(-c3ccc4c(-c5ccccc5)c5cc(-c6ccc7c(c6)C6(C)CCCCC6(C)B7c6ccccc6)ccc5c(-c5ccccc5)c4c3)ccc1B2c1ccccc1. The van der Waals surface area contributed by atoms with Crippen LogP contribution in [0.1, 0.15) is 90.2 Å². The number of rotatable bonds is 6. The van der Waals surface area contributed by atoms with Crippen LogP contribution in [0.5, 0.6) is 0 Å². The highest BCUT2D eigenvalue weighted by Crippen LogP contribution is 2.63. The summed E-state index contributed by atoms with van der Waals surface area (Å²) in [6.07, 6.45) is 10.2. The fourth-order valence-electron chi connectivity index (χ4n) is 15.3. The average Bonchev–Trinajstić information content (AvgIpc) is 3.73. The summed E-state index contributed by atoms with van der Waals surface area (Å²) in [6.45, 7) is 11.2. The maximum atomic E-state index is 2.60. The number of benzene rings is 9. The van der Waals surface area contributed by atoms with E-state index in [-0.39, 0.29) is 21.5 Å². The Labute approximate surface area is 405 Å². The molecule has 68 heavy (non-hydrogen) atoms. The second-order valence-corrected chi connectivity index (χ2v) is 22.2. The molecule has 0 saturated heterocycles. The van der Waals surface area contributed by atoms with Crippen LogP contribution in [-0.2, 0) is 10.8 Å². The van der Waals surface area contributed by atoms with Crippen molar-refractivity contribution in [3.63, 3.8) is 0 Å². The number of hydrogen-bond donors (Lipinski definition) is 0. The molecule has 4 atom stereocenters. The molecule has 2 aliphatic carbocycles. The molecule has 0 aromatic heterocycles. The van der Waals surface area contributed by atoms with Crippen LogP contribution in [0, 0.1) is 0 Å². The molecule has 0 radical (unpaired) electrons. The lowest BCUT2D eigenvalue weighted by molar-refractivity contribution is 0.243. The number of fused-ring (bicyclic) bond motifs is 8. The molecule has 2 heteroatoms. The van der Waals surface area contributed by atoms with E-state index < -0.39 is 0 Å². The largest absolute Gasteiger partial charge is 0.216 e. The molecule has 0 nitrogen and oxygen atoms in total. The molecule has 2 fully saturated rings. The smallest absolute Gasteiger partial charge is 0.0735 e. The van der Waals surface area contributed by atoms with Crippen LogP contribution in [0.4, 0.5) is 0 Å². The lowest BCUT2D eigenvalue weighted by Gasteiger charge is -2.48. The van der Waals surface area contributed by atoms with Gasteiger partial charge in [-0.25, -0.2) is 0 Å². The van der Waals surface area contributed by atoms with Crippen LogP contribution in [0.25, 0.3) is 66.1 Å². The van der Waals surface area contributed by atoms with E-state index in [0.717, 1.165) is 0 Å². The molecule has 330 valence electrons. The van der Waals surface area contributed by atoms with Crippen LogP contribution in [-0.4, -0.2) is 13.4 Å². The minimum Gasteiger partial charge on any atom is -0.0735 e. The summed E-state index contributed by atoms with van der Waals surface area (Å²) in [4.78, 5) is 0. The maximum absolute atomic E-state index is 2.60. The molecule has 2 saturated carbocycles. The third-order valence-electron chi connectivity index (χ3n) is 19.1. The van der Waals surface area contributed by atoms with Crippen molar-refractivity contribution in [1.82, 2.24) is 0 Å². The highest BCUT2D eigenvalue weighted by molar-refractivity contribution is 6.90. The molecule has 0 spiro atoms. The van der Waals surface area contributed by atoms with Gasteiger partial charge in [0.1, 0.15) is 0 Å². The van der Waals surface area contributed by atoms with E-state index in [0.29, 0.717) is 13.4 Å². The minimum atomic E-state index is 0.119. The van der Waals surface area contributed by atoms with Crippen LogP contribution >= 0.6 is 0 Å². The maximum Gasteiger partial charge on any atom is 0.216 e. The van der Waals surface area contributed by atoms with Gasteiger partial charge in [-0.05, 0) is 124 Å². The summed E-state index contributed by atoms with van der Waals surface area (Å²) >= 11 is 0. The lowest BCUT2D eigenvalue weighted by Crippen LogP contribution is -2.51. The Balaban J connectivity index is 1.01. The van der Waals surface area contributed by atoms with E-state index in [9.17, 15) is 0 Å². The van der Waals surface area contributed by atoms with E-state index >= 15 is 0 Å². The van der Waals surface area contributed by atoms with Crippen molar-refractivity contribution in [1.29, 1.82) is 0 Å². The van der Waals surface area contributed by atoms with Gasteiger partial charge in [0.05, 0.1) is 0 Å². The molecule has 9 aromatic carbocycles.